The van der Waals surface area contributed by atoms with E-state index in [-0.39, 0.29) is 6.10 Å². The summed E-state index contributed by atoms with van der Waals surface area (Å²) in [6.07, 6.45) is 7.87. The van der Waals surface area contributed by atoms with Gasteiger partial charge in [-0.3, -0.25) is 4.98 Å². The van der Waals surface area contributed by atoms with Gasteiger partial charge in [0.15, 0.2) is 11.6 Å². The molecule has 20 heavy (non-hydrogen) atoms. The van der Waals surface area contributed by atoms with Gasteiger partial charge in [-0.25, -0.2) is 9.67 Å². The Bertz CT molecular complexity index is 524. The molecule has 2 aromatic rings. The smallest absolute Gasteiger partial charge is 0.161 e. The number of unbranched alkanes of at least 4 members (excludes halogenated alkanes) is 2. The van der Waals surface area contributed by atoms with Gasteiger partial charge >= 0.3 is 0 Å². The van der Waals surface area contributed by atoms with Crippen molar-refractivity contribution < 1.29 is 4.74 Å². The third-order valence-electron chi connectivity index (χ3n) is 3.30. The largest absolute Gasteiger partial charge is 0.374 e. The predicted octanol–water partition coefficient (Wildman–Crippen LogP) is 3.10. The van der Waals surface area contributed by atoms with E-state index in [4.69, 9.17) is 4.74 Å². The first kappa shape index (κ1) is 14.7. The number of pyridine rings is 1. The molecule has 0 bridgehead atoms. The van der Waals surface area contributed by atoms with E-state index in [1.165, 1.54) is 12.8 Å². The molecule has 108 valence electrons. The van der Waals surface area contributed by atoms with Crippen LogP contribution in [0.4, 0.5) is 0 Å². The minimum absolute atomic E-state index is 0.0874. The van der Waals surface area contributed by atoms with Crippen LogP contribution < -0.4 is 0 Å². The quantitative estimate of drug-likeness (QED) is 0.728. The fourth-order valence-electron chi connectivity index (χ4n) is 2.05. The number of rotatable bonds is 7. The van der Waals surface area contributed by atoms with Crippen molar-refractivity contribution >= 4 is 0 Å². The van der Waals surface area contributed by atoms with E-state index >= 15 is 0 Å². The number of aromatic nitrogens is 4. The van der Waals surface area contributed by atoms with Gasteiger partial charge in [0, 0.05) is 25.9 Å². The van der Waals surface area contributed by atoms with Gasteiger partial charge in [0.1, 0.15) is 6.10 Å². The fraction of sp³-hybridized carbons (Fsp3) is 0.533. The second-order valence-corrected chi connectivity index (χ2v) is 4.84. The molecule has 1 unspecified atom stereocenters. The zero-order valence-corrected chi connectivity index (χ0v) is 12.4. The molecular formula is C15H22N4O. The summed E-state index contributed by atoms with van der Waals surface area (Å²) in [4.78, 5) is 8.68. The Morgan fingerprint density at radius 2 is 2.00 bits per heavy atom. The number of aryl methyl sites for hydroxylation is 1. The number of hydrogen-bond acceptors (Lipinski definition) is 4. The van der Waals surface area contributed by atoms with Gasteiger partial charge in [0.25, 0.3) is 0 Å². The molecular weight excluding hydrogens is 252 g/mol. The van der Waals surface area contributed by atoms with E-state index < -0.39 is 0 Å². The van der Waals surface area contributed by atoms with Crippen LogP contribution in [0, 0.1) is 0 Å². The van der Waals surface area contributed by atoms with Crippen LogP contribution in [-0.2, 0) is 11.2 Å². The highest BCUT2D eigenvalue weighted by Gasteiger charge is 2.17. The number of methoxy groups -OCH3 is 1. The van der Waals surface area contributed by atoms with E-state index in [0.717, 1.165) is 30.2 Å². The van der Waals surface area contributed by atoms with E-state index in [1.807, 2.05) is 23.7 Å². The van der Waals surface area contributed by atoms with E-state index in [2.05, 4.69) is 22.0 Å². The highest BCUT2D eigenvalue weighted by atomic mass is 16.5. The third kappa shape index (κ3) is 3.42. The Labute approximate surface area is 120 Å². The first-order chi connectivity index (χ1) is 9.76. The Morgan fingerprint density at radius 3 is 2.65 bits per heavy atom. The molecule has 0 spiro atoms. The van der Waals surface area contributed by atoms with Crippen molar-refractivity contribution in [2.45, 2.75) is 45.6 Å². The summed E-state index contributed by atoms with van der Waals surface area (Å²) in [5.41, 5.74) is 0.966. The standard InChI is InChI=1S/C15H22N4O/c1-4-5-6-7-14-17-15(12(2)20-3)19(18-14)13-8-10-16-11-9-13/h8-12H,4-7H2,1-3H3. The van der Waals surface area contributed by atoms with Crippen LogP contribution in [0.5, 0.6) is 0 Å². The Kier molecular flexibility index (Phi) is 5.24. The molecule has 0 saturated carbocycles. The van der Waals surface area contributed by atoms with Crippen LogP contribution in [0.2, 0.25) is 0 Å². The van der Waals surface area contributed by atoms with Gasteiger partial charge < -0.3 is 4.74 Å². The number of hydrogen-bond donors (Lipinski definition) is 0. The first-order valence-corrected chi connectivity index (χ1v) is 7.15. The molecule has 0 amide bonds. The minimum atomic E-state index is -0.0874. The van der Waals surface area contributed by atoms with Crippen LogP contribution in [0.1, 0.15) is 50.9 Å². The van der Waals surface area contributed by atoms with E-state index in [9.17, 15) is 0 Å². The molecule has 0 fully saturated rings. The van der Waals surface area contributed by atoms with E-state index in [1.54, 1.807) is 19.5 Å². The molecule has 0 aliphatic heterocycles. The van der Waals surface area contributed by atoms with Crippen LogP contribution in [0.15, 0.2) is 24.5 Å². The van der Waals surface area contributed by atoms with Crippen molar-refractivity contribution in [1.29, 1.82) is 0 Å². The lowest BCUT2D eigenvalue weighted by Crippen LogP contribution is -2.08. The molecule has 0 saturated heterocycles. The number of ether oxygens (including phenoxy) is 1. The normalized spacial score (nSPS) is 12.6. The summed E-state index contributed by atoms with van der Waals surface area (Å²) in [6, 6.07) is 3.85. The van der Waals surface area contributed by atoms with Crippen molar-refractivity contribution in [2.75, 3.05) is 7.11 Å². The highest BCUT2D eigenvalue weighted by molar-refractivity contribution is 5.29. The van der Waals surface area contributed by atoms with Gasteiger partial charge in [-0.15, -0.1) is 0 Å². The molecule has 0 N–H and O–H groups in total. The zero-order chi connectivity index (χ0) is 14.4. The molecule has 2 heterocycles. The van der Waals surface area contributed by atoms with Gasteiger partial charge in [0.2, 0.25) is 0 Å². The summed E-state index contributed by atoms with van der Waals surface area (Å²) >= 11 is 0. The average Bonchev–Trinajstić information content (AvgIpc) is 2.92. The van der Waals surface area contributed by atoms with Gasteiger partial charge in [-0.2, -0.15) is 5.10 Å². The van der Waals surface area contributed by atoms with Crippen LogP contribution >= 0.6 is 0 Å². The Morgan fingerprint density at radius 1 is 1.25 bits per heavy atom. The molecule has 2 rings (SSSR count). The van der Waals surface area contributed by atoms with Crippen LogP contribution in [-0.4, -0.2) is 26.9 Å². The lowest BCUT2D eigenvalue weighted by atomic mass is 10.2. The second-order valence-electron chi connectivity index (χ2n) is 4.84. The van der Waals surface area contributed by atoms with E-state index in [0.29, 0.717) is 0 Å². The number of nitrogens with zero attached hydrogens (tertiary/aromatic N) is 4. The van der Waals surface area contributed by atoms with Gasteiger partial charge in [-0.05, 0) is 25.5 Å². The maximum atomic E-state index is 5.40. The Balaban J connectivity index is 2.28. The van der Waals surface area contributed by atoms with Crippen LogP contribution in [0.25, 0.3) is 5.69 Å². The topological polar surface area (TPSA) is 52.8 Å². The van der Waals surface area contributed by atoms with Gasteiger partial charge in [-0.1, -0.05) is 19.8 Å². The maximum absolute atomic E-state index is 5.40. The van der Waals surface area contributed by atoms with Crippen molar-refractivity contribution in [3.05, 3.63) is 36.2 Å². The van der Waals surface area contributed by atoms with Gasteiger partial charge in [0.05, 0.1) is 5.69 Å². The molecule has 0 radical (unpaired) electrons. The summed E-state index contributed by atoms with van der Waals surface area (Å²) in [5, 5.41) is 4.62. The summed E-state index contributed by atoms with van der Waals surface area (Å²) in [6.45, 7) is 4.18. The predicted molar refractivity (Wildman–Crippen MR) is 77.8 cm³/mol. The molecule has 1 atom stereocenters. The summed E-state index contributed by atoms with van der Waals surface area (Å²) in [7, 11) is 1.69. The zero-order valence-electron chi connectivity index (χ0n) is 12.4. The SMILES string of the molecule is CCCCCc1nc(C(C)OC)n(-c2ccncc2)n1. The lowest BCUT2D eigenvalue weighted by molar-refractivity contribution is 0.110. The summed E-state index contributed by atoms with van der Waals surface area (Å²) in [5.74, 6) is 1.72. The highest BCUT2D eigenvalue weighted by Crippen LogP contribution is 2.18. The average molecular weight is 274 g/mol. The second kappa shape index (κ2) is 7.14. The third-order valence-corrected chi connectivity index (χ3v) is 3.30. The van der Waals surface area contributed by atoms with Crippen molar-refractivity contribution in [1.82, 2.24) is 19.7 Å². The lowest BCUT2D eigenvalue weighted by Gasteiger charge is -2.10. The fourth-order valence-corrected chi connectivity index (χ4v) is 2.05. The van der Waals surface area contributed by atoms with Crippen LogP contribution in [0.3, 0.4) is 0 Å². The van der Waals surface area contributed by atoms with Crippen molar-refractivity contribution in [2.24, 2.45) is 0 Å². The summed E-state index contributed by atoms with van der Waals surface area (Å²) < 4.78 is 7.26. The molecule has 0 aliphatic carbocycles. The Hall–Kier alpha value is -1.75. The monoisotopic (exact) mass is 274 g/mol. The molecule has 0 aliphatic rings. The first-order valence-electron chi connectivity index (χ1n) is 7.15. The molecule has 2 aromatic heterocycles. The van der Waals surface area contributed by atoms with Crippen molar-refractivity contribution in [3.8, 4) is 5.69 Å². The van der Waals surface area contributed by atoms with Crippen molar-refractivity contribution in [3.63, 3.8) is 0 Å². The minimum Gasteiger partial charge on any atom is -0.374 e. The maximum Gasteiger partial charge on any atom is 0.161 e. The molecule has 0 aromatic carbocycles. The molecule has 5 heteroatoms. The molecule has 5 nitrogen and oxygen atoms in total.